The van der Waals surface area contributed by atoms with Crippen LogP contribution in [0.1, 0.15) is 28.4 Å². The van der Waals surface area contributed by atoms with E-state index in [1.807, 2.05) is 0 Å². The molecule has 0 spiro atoms. The Balaban J connectivity index is 1.65. The number of ether oxygens (including phenoxy) is 2. The Kier molecular flexibility index (Phi) is 6.36. The number of benzene rings is 3. The highest BCUT2D eigenvalue weighted by Gasteiger charge is 2.51. The second-order valence-electron chi connectivity index (χ2n) is 7.62. The summed E-state index contributed by atoms with van der Waals surface area (Å²) in [6.07, 6.45) is 1.26. The van der Waals surface area contributed by atoms with Crippen molar-refractivity contribution in [1.29, 1.82) is 0 Å². The summed E-state index contributed by atoms with van der Waals surface area (Å²) < 4.78 is 10.5. The Morgan fingerprint density at radius 2 is 1.38 bits per heavy atom. The van der Waals surface area contributed by atoms with E-state index >= 15 is 0 Å². The van der Waals surface area contributed by atoms with Crippen molar-refractivity contribution in [1.82, 2.24) is 5.32 Å². The molecule has 0 aliphatic carbocycles. The summed E-state index contributed by atoms with van der Waals surface area (Å²) in [5.74, 6) is -2.28. The summed E-state index contributed by atoms with van der Waals surface area (Å²) in [7, 11) is 0. The second kappa shape index (κ2) is 9.54. The number of nitrogens with one attached hydrogen (secondary N) is 1. The van der Waals surface area contributed by atoms with Crippen LogP contribution in [0, 0.1) is 0 Å². The molecular weight excluding hydrogens is 434 g/mol. The van der Waals surface area contributed by atoms with Gasteiger partial charge in [0.15, 0.2) is 11.2 Å². The zero-order chi connectivity index (χ0) is 24.1. The smallest absolute Gasteiger partial charge is 0.342 e. The van der Waals surface area contributed by atoms with Crippen LogP contribution in [0.4, 0.5) is 0 Å². The molecule has 170 valence electrons. The topological polar surface area (TPSA) is 98.8 Å². The van der Waals surface area contributed by atoms with Gasteiger partial charge < -0.3 is 14.8 Å². The fourth-order valence-electron chi connectivity index (χ4n) is 3.95. The van der Waals surface area contributed by atoms with Crippen LogP contribution in [0.15, 0.2) is 96.7 Å². The Hall–Kier alpha value is -4.52. The van der Waals surface area contributed by atoms with Crippen molar-refractivity contribution < 1.29 is 28.7 Å². The Labute approximate surface area is 196 Å². The molecule has 0 saturated heterocycles. The van der Waals surface area contributed by atoms with Crippen LogP contribution in [0.2, 0.25) is 0 Å². The van der Waals surface area contributed by atoms with Gasteiger partial charge in [0.2, 0.25) is 5.91 Å². The number of ketones is 1. The van der Waals surface area contributed by atoms with Gasteiger partial charge in [0, 0.05) is 13.1 Å². The van der Waals surface area contributed by atoms with Crippen LogP contribution >= 0.6 is 0 Å². The van der Waals surface area contributed by atoms with E-state index in [1.165, 1.54) is 25.3 Å². The molecule has 1 aliphatic rings. The molecule has 0 fully saturated rings. The normalized spacial score (nSPS) is 14.6. The molecule has 34 heavy (non-hydrogen) atoms. The molecule has 3 aromatic carbocycles. The number of rotatable bonds is 6. The van der Waals surface area contributed by atoms with Gasteiger partial charge in [-0.25, -0.2) is 4.79 Å². The zero-order valence-corrected chi connectivity index (χ0v) is 18.3. The van der Waals surface area contributed by atoms with E-state index in [2.05, 4.69) is 5.32 Å². The number of amides is 1. The third-order valence-electron chi connectivity index (χ3n) is 5.48. The lowest BCUT2D eigenvalue weighted by Crippen LogP contribution is -2.54. The van der Waals surface area contributed by atoms with E-state index in [0.717, 1.165) is 0 Å². The van der Waals surface area contributed by atoms with Crippen molar-refractivity contribution >= 4 is 23.6 Å². The van der Waals surface area contributed by atoms with E-state index in [1.54, 1.807) is 72.8 Å². The summed E-state index contributed by atoms with van der Waals surface area (Å²) in [5.41, 5.74) is -0.468. The molecule has 1 aliphatic heterocycles. The predicted molar refractivity (Wildman–Crippen MR) is 123 cm³/mol. The van der Waals surface area contributed by atoms with Gasteiger partial charge in [0.05, 0.1) is 5.57 Å². The largest absolute Gasteiger partial charge is 0.457 e. The van der Waals surface area contributed by atoms with Crippen molar-refractivity contribution in [2.75, 3.05) is 6.61 Å². The molecule has 0 radical (unpaired) electrons. The maximum atomic E-state index is 13.8. The fourth-order valence-corrected chi connectivity index (χ4v) is 3.95. The van der Waals surface area contributed by atoms with E-state index in [4.69, 9.17) is 9.47 Å². The Morgan fingerprint density at radius 3 is 1.97 bits per heavy atom. The lowest BCUT2D eigenvalue weighted by atomic mass is 9.67. The zero-order valence-electron chi connectivity index (χ0n) is 18.3. The third-order valence-corrected chi connectivity index (χ3v) is 5.48. The molecule has 7 nitrogen and oxygen atoms in total. The first-order chi connectivity index (χ1) is 16.4. The van der Waals surface area contributed by atoms with Gasteiger partial charge in [-0.15, -0.1) is 0 Å². The monoisotopic (exact) mass is 455 g/mol. The highest BCUT2D eigenvalue weighted by Crippen LogP contribution is 2.38. The molecular formula is C27H21NO6. The van der Waals surface area contributed by atoms with Crippen LogP contribution in [0.25, 0.3) is 0 Å². The Bertz CT molecular complexity index is 1240. The quantitative estimate of drug-likeness (QED) is 0.348. The molecule has 1 amide bonds. The molecule has 0 aromatic heterocycles. The van der Waals surface area contributed by atoms with E-state index in [0.29, 0.717) is 11.1 Å². The predicted octanol–water partition coefficient (Wildman–Crippen LogP) is 3.34. The summed E-state index contributed by atoms with van der Waals surface area (Å²) in [6.45, 7) is 0.844. The highest BCUT2D eigenvalue weighted by molar-refractivity contribution is 6.23. The van der Waals surface area contributed by atoms with E-state index < -0.39 is 29.0 Å². The number of para-hydroxylation sites is 1. The van der Waals surface area contributed by atoms with Crippen LogP contribution < -0.4 is 10.1 Å². The average molecular weight is 455 g/mol. The van der Waals surface area contributed by atoms with Crippen LogP contribution in [0.3, 0.4) is 0 Å². The minimum Gasteiger partial charge on any atom is -0.457 e. The van der Waals surface area contributed by atoms with Gasteiger partial charge in [0.25, 0.3) is 0 Å². The standard InChI is InChI=1S/C27H21NO6/c1-18(29)34-23-15-9-8-14-22(23)25(31)33-17-19-16-28-26(32)27(24(19)30,20-10-4-2-5-11-20)21-12-6-3-7-13-21/h2-16H,17H2,1H3,(H,28,32). The molecule has 1 N–H and O–H groups in total. The number of esters is 2. The number of hydrogen-bond donors (Lipinski definition) is 1. The van der Waals surface area contributed by atoms with Crippen LogP contribution in [-0.2, 0) is 24.5 Å². The second-order valence-corrected chi connectivity index (χ2v) is 7.62. The van der Waals surface area contributed by atoms with Crippen molar-refractivity contribution in [3.8, 4) is 5.75 Å². The average Bonchev–Trinajstić information content (AvgIpc) is 2.85. The molecule has 7 heteroatoms. The van der Waals surface area contributed by atoms with Crippen molar-refractivity contribution in [2.24, 2.45) is 0 Å². The van der Waals surface area contributed by atoms with Gasteiger partial charge in [-0.2, -0.15) is 0 Å². The first-order valence-corrected chi connectivity index (χ1v) is 10.5. The number of Topliss-reactive ketones (excluding diaryl/α,β-unsaturated/α-hetero) is 1. The molecule has 0 bridgehead atoms. The van der Waals surface area contributed by atoms with Gasteiger partial charge >= 0.3 is 11.9 Å². The van der Waals surface area contributed by atoms with Gasteiger partial charge in [-0.05, 0) is 23.3 Å². The third kappa shape index (κ3) is 4.11. The van der Waals surface area contributed by atoms with Crippen molar-refractivity contribution in [2.45, 2.75) is 12.3 Å². The SMILES string of the molecule is CC(=O)Oc1ccccc1C(=O)OCC1=CNC(=O)C(c2ccccc2)(c2ccccc2)C1=O. The molecule has 0 unspecified atom stereocenters. The maximum absolute atomic E-state index is 13.8. The number of hydrogen-bond acceptors (Lipinski definition) is 6. The van der Waals surface area contributed by atoms with Crippen LogP contribution in [-0.4, -0.2) is 30.2 Å². The number of carbonyl (C=O) groups excluding carboxylic acids is 4. The lowest BCUT2D eigenvalue weighted by molar-refractivity contribution is -0.134. The molecule has 0 saturated carbocycles. The van der Waals surface area contributed by atoms with Gasteiger partial charge in [-0.3, -0.25) is 14.4 Å². The van der Waals surface area contributed by atoms with Crippen LogP contribution in [0.5, 0.6) is 5.75 Å². The van der Waals surface area contributed by atoms with E-state index in [-0.39, 0.29) is 23.5 Å². The fraction of sp³-hybridized carbons (Fsp3) is 0.111. The van der Waals surface area contributed by atoms with Gasteiger partial charge in [0.1, 0.15) is 17.9 Å². The summed E-state index contributed by atoms with van der Waals surface area (Å²) in [6, 6.07) is 23.6. The first kappa shape index (κ1) is 22.7. The molecule has 1 heterocycles. The summed E-state index contributed by atoms with van der Waals surface area (Å²) >= 11 is 0. The minimum absolute atomic E-state index is 0.0444. The minimum atomic E-state index is -1.63. The molecule has 4 rings (SSSR count). The Morgan fingerprint density at radius 1 is 0.824 bits per heavy atom. The summed E-state index contributed by atoms with van der Waals surface area (Å²) in [5, 5.41) is 2.67. The lowest BCUT2D eigenvalue weighted by Gasteiger charge is -2.35. The first-order valence-electron chi connectivity index (χ1n) is 10.5. The molecule has 0 atom stereocenters. The highest BCUT2D eigenvalue weighted by atomic mass is 16.5. The van der Waals surface area contributed by atoms with E-state index in [9.17, 15) is 19.2 Å². The van der Waals surface area contributed by atoms with Crippen molar-refractivity contribution in [3.63, 3.8) is 0 Å². The van der Waals surface area contributed by atoms with Crippen molar-refractivity contribution in [3.05, 3.63) is 113 Å². The summed E-state index contributed by atoms with van der Waals surface area (Å²) in [4.78, 5) is 51.1. The molecule has 3 aromatic rings. The van der Waals surface area contributed by atoms with Gasteiger partial charge in [-0.1, -0.05) is 72.8 Å². The maximum Gasteiger partial charge on any atom is 0.342 e. The number of carbonyl (C=O) groups is 4.